The Morgan fingerprint density at radius 3 is 2.34 bits per heavy atom. The molecule has 5 nitrogen and oxygen atoms in total. The molecular weight excluding hydrogens is 403 g/mol. The van der Waals surface area contributed by atoms with Gasteiger partial charge in [-0.05, 0) is 42.3 Å². The highest BCUT2D eigenvalue weighted by Crippen LogP contribution is 2.31. The van der Waals surface area contributed by atoms with Crippen LogP contribution in [0, 0.1) is 0 Å². The molecule has 0 bridgehead atoms. The van der Waals surface area contributed by atoms with Gasteiger partial charge in [0.1, 0.15) is 0 Å². The lowest BCUT2D eigenvalue weighted by Crippen LogP contribution is -2.47. The van der Waals surface area contributed by atoms with Gasteiger partial charge in [0.05, 0.1) is 11.8 Å². The van der Waals surface area contributed by atoms with Crippen LogP contribution in [0.1, 0.15) is 11.1 Å². The molecule has 0 amide bonds. The SMILES string of the molecule is CS(=O)(=O)Nc1cccc(CCN2CCN(c3cccc(C(F)(F)F)c3)CC2)c1. The Morgan fingerprint density at radius 1 is 1.00 bits per heavy atom. The first-order valence-corrected chi connectivity index (χ1v) is 11.2. The summed E-state index contributed by atoms with van der Waals surface area (Å²) in [5.74, 6) is 0. The van der Waals surface area contributed by atoms with Crippen LogP contribution in [0.2, 0.25) is 0 Å². The molecule has 0 saturated carbocycles. The Morgan fingerprint density at radius 2 is 1.69 bits per heavy atom. The van der Waals surface area contributed by atoms with Crippen molar-refractivity contribution in [3.05, 3.63) is 59.7 Å². The van der Waals surface area contributed by atoms with Crippen molar-refractivity contribution in [2.75, 3.05) is 48.6 Å². The lowest BCUT2D eigenvalue weighted by molar-refractivity contribution is -0.137. The molecule has 0 unspecified atom stereocenters. The number of halogens is 3. The van der Waals surface area contributed by atoms with E-state index < -0.39 is 21.8 Å². The molecular formula is C20H24F3N3O2S. The van der Waals surface area contributed by atoms with Crippen LogP contribution in [0.4, 0.5) is 24.5 Å². The minimum absolute atomic E-state index is 0.541. The first-order valence-electron chi connectivity index (χ1n) is 9.31. The van der Waals surface area contributed by atoms with Gasteiger partial charge in [-0.25, -0.2) is 8.42 Å². The molecule has 0 spiro atoms. The molecule has 29 heavy (non-hydrogen) atoms. The average molecular weight is 427 g/mol. The molecule has 9 heteroatoms. The summed E-state index contributed by atoms with van der Waals surface area (Å²) in [6.07, 6.45) is -2.45. The number of benzene rings is 2. The maximum atomic E-state index is 12.9. The summed E-state index contributed by atoms with van der Waals surface area (Å²) in [5, 5.41) is 0. The highest BCUT2D eigenvalue weighted by molar-refractivity contribution is 7.92. The number of nitrogens with one attached hydrogen (secondary N) is 1. The van der Waals surface area contributed by atoms with Crippen LogP contribution < -0.4 is 9.62 Å². The van der Waals surface area contributed by atoms with Crippen LogP contribution in [-0.2, 0) is 22.6 Å². The number of anilines is 2. The van der Waals surface area contributed by atoms with Crippen LogP contribution in [0.15, 0.2) is 48.5 Å². The van der Waals surface area contributed by atoms with E-state index in [0.717, 1.165) is 43.9 Å². The number of rotatable bonds is 6. The summed E-state index contributed by atoms with van der Waals surface area (Å²) in [4.78, 5) is 4.24. The van der Waals surface area contributed by atoms with Gasteiger partial charge >= 0.3 is 6.18 Å². The van der Waals surface area contributed by atoms with Gasteiger partial charge in [-0.15, -0.1) is 0 Å². The molecule has 1 N–H and O–H groups in total. The summed E-state index contributed by atoms with van der Waals surface area (Å²) >= 11 is 0. The van der Waals surface area contributed by atoms with Gasteiger partial charge in [0.15, 0.2) is 0 Å². The van der Waals surface area contributed by atoms with E-state index in [1.165, 1.54) is 12.1 Å². The Labute approximate surface area is 169 Å². The lowest BCUT2D eigenvalue weighted by Gasteiger charge is -2.36. The zero-order valence-corrected chi connectivity index (χ0v) is 16.9. The van der Waals surface area contributed by atoms with E-state index in [9.17, 15) is 21.6 Å². The van der Waals surface area contributed by atoms with E-state index >= 15 is 0 Å². The molecule has 2 aromatic rings. The monoisotopic (exact) mass is 427 g/mol. The van der Waals surface area contributed by atoms with Crippen molar-refractivity contribution in [2.45, 2.75) is 12.6 Å². The number of sulfonamides is 1. The highest BCUT2D eigenvalue weighted by atomic mass is 32.2. The molecule has 1 aliphatic heterocycles. The summed E-state index contributed by atoms with van der Waals surface area (Å²) in [6.45, 7) is 3.65. The van der Waals surface area contributed by atoms with Gasteiger partial charge in [0, 0.05) is 44.1 Å². The predicted molar refractivity (Wildman–Crippen MR) is 109 cm³/mol. The number of hydrogen-bond donors (Lipinski definition) is 1. The third-order valence-corrected chi connectivity index (χ3v) is 5.46. The summed E-state index contributed by atoms with van der Waals surface area (Å²) in [6, 6.07) is 12.7. The largest absolute Gasteiger partial charge is 0.416 e. The third kappa shape index (κ3) is 6.37. The Bertz CT molecular complexity index is 940. The van der Waals surface area contributed by atoms with Gasteiger partial charge in [-0.1, -0.05) is 18.2 Å². The summed E-state index contributed by atoms with van der Waals surface area (Å²) in [5.41, 5.74) is 1.54. The number of alkyl halides is 3. The van der Waals surface area contributed by atoms with Gasteiger partial charge in [-0.2, -0.15) is 13.2 Å². The Kier molecular flexibility index (Phi) is 6.38. The number of nitrogens with zero attached hydrogens (tertiary/aromatic N) is 2. The normalized spacial score (nSPS) is 16.1. The maximum absolute atomic E-state index is 12.9. The molecule has 1 heterocycles. The molecule has 0 atom stereocenters. The number of piperazine rings is 1. The van der Waals surface area contributed by atoms with Crippen LogP contribution >= 0.6 is 0 Å². The van der Waals surface area contributed by atoms with Crippen LogP contribution in [0.25, 0.3) is 0 Å². The van der Waals surface area contributed by atoms with E-state index in [-0.39, 0.29) is 0 Å². The van der Waals surface area contributed by atoms with Crippen molar-refractivity contribution in [3.8, 4) is 0 Å². The van der Waals surface area contributed by atoms with Crippen LogP contribution in [0.3, 0.4) is 0 Å². The first kappa shape index (κ1) is 21.4. The van der Waals surface area contributed by atoms with E-state index in [4.69, 9.17) is 0 Å². The second kappa shape index (κ2) is 8.62. The second-order valence-electron chi connectivity index (χ2n) is 7.20. The molecule has 1 aliphatic rings. The summed E-state index contributed by atoms with van der Waals surface area (Å²) < 4.78 is 63.9. The van der Waals surface area contributed by atoms with Crippen molar-refractivity contribution in [1.82, 2.24) is 4.90 Å². The van der Waals surface area contributed by atoms with E-state index in [1.807, 2.05) is 23.1 Å². The van der Waals surface area contributed by atoms with Crippen molar-refractivity contribution in [1.29, 1.82) is 0 Å². The predicted octanol–water partition coefficient (Wildman–Crippen LogP) is 3.44. The first-order chi connectivity index (χ1) is 13.6. The fraction of sp³-hybridized carbons (Fsp3) is 0.400. The molecule has 0 aromatic heterocycles. The van der Waals surface area contributed by atoms with Crippen molar-refractivity contribution < 1.29 is 21.6 Å². The zero-order valence-electron chi connectivity index (χ0n) is 16.1. The van der Waals surface area contributed by atoms with Crippen molar-refractivity contribution in [3.63, 3.8) is 0 Å². The molecule has 1 saturated heterocycles. The molecule has 158 valence electrons. The lowest BCUT2D eigenvalue weighted by atomic mass is 10.1. The van der Waals surface area contributed by atoms with E-state index in [1.54, 1.807) is 12.1 Å². The zero-order chi connectivity index (χ0) is 21.1. The van der Waals surface area contributed by atoms with Crippen LogP contribution in [-0.4, -0.2) is 52.3 Å². The third-order valence-electron chi connectivity index (χ3n) is 4.86. The molecule has 1 fully saturated rings. The molecule has 2 aromatic carbocycles. The molecule has 0 aliphatic carbocycles. The second-order valence-corrected chi connectivity index (χ2v) is 8.95. The highest BCUT2D eigenvalue weighted by Gasteiger charge is 2.31. The molecule has 0 radical (unpaired) electrons. The average Bonchev–Trinajstić information content (AvgIpc) is 2.65. The van der Waals surface area contributed by atoms with Gasteiger partial charge < -0.3 is 4.90 Å². The van der Waals surface area contributed by atoms with Gasteiger partial charge in [0.25, 0.3) is 0 Å². The Balaban J connectivity index is 1.53. The van der Waals surface area contributed by atoms with E-state index in [0.29, 0.717) is 24.5 Å². The smallest absolute Gasteiger partial charge is 0.369 e. The minimum atomic E-state index is -4.33. The quantitative estimate of drug-likeness (QED) is 0.768. The Hall–Kier alpha value is -2.26. The standard InChI is InChI=1S/C20H24F3N3O2S/c1-29(27,28)24-18-6-2-4-16(14-18)8-9-25-10-12-26(13-11-25)19-7-3-5-17(15-19)20(21,22)23/h2-7,14-15,24H,8-13H2,1H3. The van der Waals surface area contributed by atoms with E-state index in [2.05, 4.69) is 9.62 Å². The maximum Gasteiger partial charge on any atom is 0.416 e. The molecule has 3 rings (SSSR count). The minimum Gasteiger partial charge on any atom is -0.369 e. The fourth-order valence-electron chi connectivity index (χ4n) is 3.40. The number of hydrogen-bond acceptors (Lipinski definition) is 4. The van der Waals surface area contributed by atoms with Crippen LogP contribution in [0.5, 0.6) is 0 Å². The van der Waals surface area contributed by atoms with Gasteiger partial charge in [-0.3, -0.25) is 9.62 Å². The van der Waals surface area contributed by atoms with Crippen molar-refractivity contribution in [2.24, 2.45) is 0 Å². The van der Waals surface area contributed by atoms with Gasteiger partial charge in [0.2, 0.25) is 10.0 Å². The topological polar surface area (TPSA) is 52.7 Å². The fourth-order valence-corrected chi connectivity index (χ4v) is 3.96. The van der Waals surface area contributed by atoms with Crippen molar-refractivity contribution >= 4 is 21.4 Å². The summed E-state index contributed by atoms with van der Waals surface area (Å²) in [7, 11) is -3.31.